The van der Waals surface area contributed by atoms with Gasteiger partial charge >= 0.3 is 11.8 Å². The number of hydrogen-bond donors (Lipinski definition) is 2. The molecule has 2 N–H and O–H groups in total. The van der Waals surface area contributed by atoms with Gasteiger partial charge in [-0.3, -0.25) is 9.36 Å². The third-order valence-corrected chi connectivity index (χ3v) is 2.76. The zero-order chi connectivity index (χ0) is 16.0. The van der Waals surface area contributed by atoms with Crippen LogP contribution in [0.4, 0.5) is 5.82 Å². The van der Waals surface area contributed by atoms with Crippen LogP contribution in [0.15, 0.2) is 18.9 Å². The van der Waals surface area contributed by atoms with Crippen molar-refractivity contribution in [1.29, 1.82) is 0 Å². The van der Waals surface area contributed by atoms with Crippen LogP contribution in [0.1, 0.15) is 18.7 Å². The van der Waals surface area contributed by atoms with E-state index >= 15 is 0 Å². The maximum Gasteiger partial charge on any atom is 0.381 e. The number of rotatable bonds is 8. The Morgan fingerprint density at radius 1 is 1.67 bits per heavy atom. The molecule has 1 rings (SSSR count). The van der Waals surface area contributed by atoms with Crippen LogP contribution in [0.5, 0.6) is 0 Å². The second-order valence-corrected chi connectivity index (χ2v) is 4.36. The third-order valence-electron chi connectivity index (χ3n) is 2.76. The minimum absolute atomic E-state index is 0.230. The Morgan fingerprint density at radius 2 is 2.33 bits per heavy atom. The lowest BCUT2D eigenvalue weighted by atomic mass is 10.1. The molecule has 0 bridgehead atoms. The first kappa shape index (κ1) is 16.3. The van der Waals surface area contributed by atoms with Crippen molar-refractivity contribution in [3.05, 3.63) is 34.8 Å². The number of nitrogens with one attached hydrogen (secondary N) is 1. The predicted octanol–water partition coefficient (Wildman–Crippen LogP) is 0.635. The summed E-state index contributed by atoms with van der Waals surface area (Å²) in [4.78, 5) is 36.4. The molecular formula is C12H16N4O5. The summed E-state index contributed by atoms with van der Waals surface area (Å²) in [7, 11) is 0. The van der Waals surface area contributed by atoms with Gasteiger partial charge in [-0.1, -0.05) is 6.08 Å². The van der Waals surface area contributed by atoms with E-state index in [1.54, 1.807) is 6.08 Å². The van der Waals surface area contributed by atoms with Gasteiger partial charge in [0.1, 0.15) is 18.8 Å². The van der Waals surface area contributed by atoms with Crippen molar-refractivity contribution in [1.82, 2.24) is 14.9 Å². The first-order valence-electron chi connectivity index (χ1n) is 6.16. The number of aromatic nitrogens is 2. The molecule has 0 saturated heterocycles. The van der Waals surface area contributed by atoms with Gasteiger partial charge in [-0.25, -0.2) is 4.79 Å². The van der Waals surface area contributed by atoms with E-state index in [-0.39, 0.29) is 18.8 Å². The highest BCUT2D eigenvalue weighted by Crippen LogP contribution is 2.10. The molecule has 1 aromatic heterocycles. The molecule has 1 heterocycles. The Balaban J connectivity index is 2.69. The van der Waals surface area contributed by atoms with E-state index < -0.39 is 22.8 Å². The summed E-state index contributed by atoms with van der Waals surface area (Å²) < 4.78 is 1.29. The van der Waals surface area contributed by atoms with Crippen LogP contribution in [0, 0.1) is 17.0 Å². The van der Waals surface area contributed by atoms with Gasteiger partial charge in [-0.2, -0.15) is 0 Å². The Bertz CT molecular complexity index is 566. The van der Waals surface area contributed by atoms with Crippen molar-refractivity contribution >= 4 is 17.7 Å². The van der Waals surface area contributed by atoms with E-state index in [2.05, 4.69) is 16.9 Å². The molecule has 0 aliphatic heterocycles. The number of carboxylic acids is 1. The van der Waals surface area contributed by atoms with Crippen molar-refractivity contribution in [2.75, 3.05) is 0 Å². The van der Waals surface area contributed by atoms with Crippen molar-refractivity contribution in [2.45, 2.75) is 32.4 Å². The summed E-state index contributed by atoms with van der Waals surface area (Å²) in [6.07, 6.45) is 3.38. The van der Waals surface area contributed by atoms with Crippen molar-refractivity contribution in [2.24, 2.45) is 0 Å². The van der Waals surface area contributed by atoms with Crippen LogP contribution in [0.3, 0.4) is 0 Å². The molecule has 0 aliphatic carbocycles. The number of imidazole rings is 1. The van der Waals surface area contributed by atoms with Crippen LogP contribution >= 0.6 is 0 Å². The highest BCUT2D eigenvalue weighted by Gasteiger charge is 2.21. The number of aryl methyl sites for hydroxylation is 1. The van der Waals surface area contributed by atoms with E-state index in [0.717, 1.165) is 6.20 Å². The molecule has 114 valence electrons. The van der Waals surface area contributed by atoms with E-state index in [1.807, 2.05) is 0 Å². The number of amides is 1. The lowest BCUT2D eigenvalue weighted by Crippen LogP contribution is -2.42. The number of allylic oxidation sites excluding steroid dienone is 1. The second kappa shape index (κ2) is 7.17. The molecule has 0 aliphatic rings. The number of nitrogens with zero attached hydrogens (tertiary/aromatic N) is 3. The minimum atomic E-state index is -1.14. The molecule has 1 unspecified atom stereocenters. The topological polar surface area (TPSA) is 127 Å². The summed E-state index contributed by atoms with van der Waals surface area (Å²) in [5.74, 6) is -1.75. The van der Waals surface area contributed by atoms with Gasteiger partial charge in [0, 0.05) is 6.92 Å². The fraction of sp³-hybridized carbons (Fsp3) is 0.417. The van der Waals surface area contributed by atoms with E-state index in [0.29, 0.717) is 12.2 Å². The molecule has 9 nitrogen and oxygen atoms in total. The normalized spacial score (nSPS) is 11.7. The minimum Gasteiger partial charge on any atom is -0.480 e. The standard InChI is InChI=1S/C12H16N4O5/c1-3-4-5-9(12(18)19)14-11(17)7-15-6-10(16(20)21)13-8(15)2/h3,6,9H,1,4-5,7H2,2H3,(H,14,17)(H,18,19). The highest BCUT2D eigenvalue weighted by atomic mass is 16.6. The second-order valence-electron chi connectivity index (χ2n) is 4.36. The molecule has 1 amide bonds. The summed E-state index contributed by atoms with van der Waals surface area (Å²) >= 11 is 0. The third kappa shape index (κ3) is 4.71. The molecule has 0 aromatic carbocycles. The lowest BCUT2D eigenvalue weighted by Gasteiger charge is -2.13. The fourth-order valence-corrected chi connectivity index (χ4v) is 1.68. The molecule has 0 saturated carbocycles. The molecule has 1 aromatic rings. The molecule has 9 heteroatoms. The van der Waals surface area contributed by atoms with Gasteiger partial charge in [-0.05, 0) is 22.7 Å². The van der Waals surface area contributed by atoms with Crippen LogP contribution in [-0.4, -0.2) is 37.5 Å². The Morgan fingerprint density at radius 3 is 2.81 bits per heavy atom. The number of carbonyl (C=O) groups excluding carboxylic acids is 1. The van der Waals surface area contributed by atoms with Gasteiger partial charge < -0.3 is 20.5 Å². The molecule has 0 spiro atoms. The van der Waals surface area contributed by atoms with Crippen LogP contribution in [0.2, 0.25) is 0 Å². The number of aliphatic carboxylic acids is 1. The summed E-state index contributed by atoms with van der Waals surface area (Å²) in [5.41, 5.74) is 0. The first-order chi connectivity index (χ1) is 9.85. The van der Waals surface area contributed by atoms with E-state index in [1.165, 1.54) is 11.5 Å². The SMILES string of the molecule is C=CCCC(NC(=O)Cn1cc([N+](=O)[O-])nc1C)C(=O)O. The number of hydrogen-bond acceptors (Lipinski definition) is 5. The Labute approximate surface area is 120 Å². The Hall–Kier alpha value is -2.71. The highest BCUT2D eigenvalue weighted by molar-refractivity contribution is 5.83. The maximum atomic E-state index is 11.8. The first-order valence-corrected chi connectivity index (χ1v) is 6.16. The largest absolute Gasteiger partial charge is 0.480 e. The zero-order valence-electron chi connectivity index (χ0n) is 11.5. The van der Waals surface area contributed by atoms with Gasteiger partial charge in [0.15, 0.2) is 0 Å². The van der Waals surface area contributed by atoms with Crippen molar-refractivity contribution in [3.8, 4) is 0 Å². The van der Waals surface area contributed by atoms with E-state index in [4.69, 9.17) is 5.11 Å². The Kier molecular flexibility index (Phi) is 5.58. The number of carbonyl (C=O) groups is 2. The maximum absolute atomic E-state index is 11.8. The average Bonchev–Trinajstić information content (AvgIpc) is 2.76. The summed E-state index contributed by atoms with van der Waals surface area (Å²) in [5, 5.41) is 21.9. The molecule has 0 radical (unpaired) electrons. The lowest BCUT2D eigenvalue weighted by molar-refractivity contribution is -0.389. The molecule has 1 atom stereocenters. The van der Waals surface area contributed by atoms with Crippen molar-refractivity contribution < 1.29 is 19.6 Å². The monoisotopic (exact) mass is 296 g/mol. The number of carboxylic acid groups (broad SMARTS) is 1. The quantitative estimate of drug-likeness (QED) is 0.411. The van der Waals surface area contributed by atoms with Crippen LogP contribution in [-0.2, 0) is 16.1 Å². The summed E-state index contributed by atoms with van der Waals surface area (Å²) in [6.45, 7) is 4.78. The van der Waals surface area contributed by atoms with Crippen LogP contribution in [0.25, 0.3) is 0 Å². The predicted molar refractivity (Wildman–Crippen MR) is 72.6 cm³/mol. The van der Waals surface area contributed by atoms with Crippen molar-refractivity contribution in [3.63, 3.8) is 0 Å². The summed E-state index contributed by atoms with van der Waals surface area (Å²) in [6, 6.07) is -1.02. The zero-order valence-corrected chi connectivity index (χ0v) is 11.5. The fourth-order valence-electron chi connectivity index (χ4n) is 1.68. The molecule has 21 heavy (non-hydrogen) atoms. The molecular weight excluding hydrogens is 280 g/mol. The van der Waals surface area contributed by atoms with Gasteiger partial charge in [0.2, 0.25) is 11.7 Å². The number of nitro groups is 1. The van der Waals surface area contributed by atoms with Crippen LogP contribution < -0.4 is 5.32 Å². The van der Waals surface area contributed by atoms with Gasteiger partial charge in [-0.15, -0.1) is 6.58 Å². The van der Waals surface area contributed by atoms with Gasteiger partial charge in [0.25, 0.3) is 0 Å². The smallest absolute Gasteiger partial charge is 0.381 e. The van der Waals surface area contributed by atoms with E-state index in [9.17, 15) is 19.7 Å². The molecule has 0 fully saturated rings. The van der Waals surface area contributed by atoms with Gasteiger partial charge in [0.05, 0.1) is 0 Å². The average molecular weight is 296 g/mol.